The number of hydrogen-bond donors (Lipinski definition) is 1. The molecule has 0 bridgehead atoms. The van der Waals surface area contributed by atoms with Crippen molar-refractivity contribution in [2.45, 2.75) is 18.9 Å². The Hall–Kier alpha value is -0.980. The van der Waals surface area contributed by atoms with E-state index in [0.717, 1.165) is 23.9 Å². The maximum absolute atomic E-state index is 11.5. The van der Waals surface area contributed by atoms with Crippen LogP contribution in [0.2, 0.25) is 0 Å². The number of rotatable bonds is 5. The van der Waals surface area contributed by atoms with Gasteiger partial charge in [0.05, 0.1) is 12.7 Å². The van der Waals surface area contributed by atoms with Crippen LogP contribution in [-0.2, 0) is 14.3 Å². The highest BCUT2D eigenvalue weighted by Gasteiger charge is 2.15. The van der Waals surface area contributed by atoms with E-state index in [4.69, 9.17) is 9.47 Å². The van der Waals surface area contributed by atoms with Gasteiger partial charge in [-0.2, -0.15) is 0 Å². The molecule has 0 aromatic carbocycles. The van der Waals surface area contributed by atoms with Crippen LogP contribution >= 0.6 is 15.9 Å². The fourth-order valence-electron chi connectivity index (χ4n) is 1.69. The Balaban J connectivity index is 1.66. The Bertz CT molecular complexity index is 391. The molecule has 1 saturated heterocycles. The molecule has 1 atom stereocenters. The van der Waals surface area contributed by atoms with Crippen molar-refractivity contribution in [3.05, 3.63) is 22.8 Å². The van der Waals surface area contributed by atoms with Crippen LogP contribution in [0, 0.1) is 0 Å². The van der Waals surface area contributed by atoms with Crippen LogP contribution in [0.5, 0.6) is 0 Å². The molecule has 1 fully saturated rings. The van der Waals surface area contributed by atoms with E-state index in [1.165, 1.54) is 0 Å². The number of carbonyl (C=O) groups excluding carboxylic acids is 1. The Labute approximate surface area is 114 Å². The zero-order chi connectivity index (χ0) is 12.8. The van der Waals surface area contributed by atoms with Gasteiger partial charge in [-0.25, -0.2) is 4.98 Å². The van der Waals surface area contributed by atoms with Gasteiger partial charge in [0.2, 0.25) is 0 Å². The van der Waals surface area contributed by atoms with Gasteiger partial charge in [-0.3, -0.25) is 4.79 Å². The maximum atomic E-state index is 11.5. The summed E-state index contributed by atoms with van der Waals surface area (Å²) < 4.78 is 11.6. The molecule has 5 nitrogen and oxygen atoms in total. The standard InChI is InChI=1S/C12H15BrN2O3/c13-9-3-4-11(14-6-9)15-12(16)8-17-7-10-2-1-5-18-10/h3-4,6,10H,1-2,5,7-8H2,(H,14,15,16). The normalized spacial score (nSPS) is 18.8. The van der Waals surface area contributed by atoms with Crippen molar-refractivity contribution in [3.63, 3.8) is 0 Å². The molecule has 1 aromatic heterocycles. The first-order valence-electron chi connectivity index (χ1n) is 5.85. The molecule has 1 unspecified atom stereocenters. The number of ether oxygens (including phenoxy) is 2. The molecule has 1 N–H and O–H groups in total. The Kier molecular flexibility index (Phi) is 5.10. The van der Waals surface area contributed by atoms with Crippen LogP contribution in [0.1, 0.15) is 12.8 Å². The number of aromatic nitrogens is 1. The fourth-order valence-corrected chi connectivity index (χ4v) is 1.92. The Morgan fingerprint density at radius 1 is 1.61 bits per heavy atom. The van der Waals surface area contributed by atoms with Gasteiger partial charge in [0, 0.05) is 17.3 Å². The summed E-state index contributed by atoms with van der Waals surface area (Å²) in [5.74, 6) is 0.312. The number of carbonyl (C=O) groups is 1. The highest BCUT2D eigenvalue weighted by atomic mass is 79.9. The zero-order valence-electron chi connectivity index (χ0n) is 9.89. The lowest BCUT2D eigenvalue weighted by Gasteiger charge is -2.10. The lowest BCUT2D eigenvalue weighted by atomic mass is 10.2. The van der Waals surface area contributed by atoms with E-state index in [2.05, 4.69) is 26.2 Å². The molecule has 0 aliphatic carbocycles. The molecule has 1 amide bonds. The highest BCUT2D eigenvalue weighted by Crippen LogP contribution is 2.12. The van der Waals surface area contributed by atoms with Crippen LogP contribution in [-0.4, -0.2) is 36.8 Å². The minimum atomic E-state index is -0.206. The Morgan fingerprint density at radius 2 is 2.50 bits per heavy atom. The van der Waals surface area contributed by atoms with E-state index in [9.17, 15) is 4.79 Å². The third-order valence-electron chi connectivity index (χ3n) is 2.56. The molecule has 18 heavy (non-hydrogen) atoms. The number of amides is 1. The van der Waals surface area contributed by atoms with Crippen molar-refractivity contribution in [1.29, 1.82) is 0 Å². The first kappa shape index (κ1) is 13.5. The summed E-state index contributed by atoms with van der Waals surface area (Å²) in [5.41, 5.74) is 0. The molecule has 1 aromatic rings. The third kappa shape index (κ3) is 4.36. The van der Waals surface area contributed by atoms with Gasteiger partial charge < -0.3 is 14.8 Å². The second-order valence-electron chi connectivity index (χ2n) is 4.06. The maximum Gasteiger partial charge on any atom is 0.251 e. The summed E-state index contributed by atoms with van der Waals surface area (Å²) in [5, 5.41) is 2.66. The van der Waals surface area contributed by atoms with Gasteiger partial charge in [-0.15, -0.1) is 0 Å². The number of nitrogens with one attached hydrogen (secondary N) is 1. The van der Waals surface area contributed by atoms with E-state index < -0.39 is 0 Å². The van der Waals surface area contributed by atoms with E-state index in [1.54, 1.807) is 12.3 Å². The summed E-state index contributed by atoms with van der Waals surface area (Å²) >= 11 is 3.28. The minimum Gasteiger partial charge on any atom is -0.376 e. The van der Waals surface area contributed by atoms with Crippen molar-refractivity contribution in [1.82, 2.24) is 4.98 Å². The molecular formula is C12H15BrN2O3. The molecule has 0 spiro atoms. The zero-order valence-corrected chi connectivity index (χ0v) is 11.5. The first-order valence-corrected chi connectivity index (χ1v) is 6.64. The van der Waals surface area contributed by atoms with Gasteiger partial charge in [-0.1, -0.05) is 0 Å². The number of halogens is 1. The van der Waals surface area contributed by atoms with Gasteiger partial charge in [0.25, 0.3) is 5.91 Å². The van der Waals surface area contributed by atoms with Crippen molar-refractivity contribution >= 4 is 27.7 Å². The number of pyridine rings is 1. The van der Waals surface area contributed by atoms with Crippen molar-refractivity contribution in [3.8, 4) is 0 Å². The molecule has 2 heterocycles. The predicted octanol–water partition coefficient (Wildman–Crippen LogP) is 1.98. The molecule has 0 saturated carbocycles. The van der Waals surface area contributed by atoms with E-state index >= 15 is 0 Å². The van der Waals surface area contributed by atoms with E-state index in [0.29, 0.717) is 12.4 Å². The number of nitrogens with zero attached hydrogens (tertiary/aromatic N) is 1. The lowest BCUT2D eigenvalue weighted by Crippen LogP contribution is -2.22. The number of hydrogen-bond acceptors (Lipinski definition) is 4. The number of anilines is 1. The van der Waals surface area contributed by atoms with Crippen LogP contribution in [0.4, 0.5) is 5.82 Å². The molecular weight excluding hydrogens is 300 g/mol. The van der Waals surface area contributed by atoms with Crippen molar-refractivity contribution in [2.75, 3.05) is 25.1 Å². The molecule has 0 radical (unpaired) electrons. The van der Waals surface area contributed by atoms with E-state index in [1.807, 2.05) is 6.07 Å². The second-order valence-corrected chi connectivity index (χ2v) is 4.98. The van der Waals surface area contributed by atoms with Crippen molar-refractivity contribution < 1.29 is 14.3 Å². The summed E-state index contributed by atoms with van der Waals surface area (Å²) in [6.07, 6.45) is 3.85. The summed E-state index contributed by atoms with van der Waals surface area (Å²) in [4.78, 5) is 15.6. The molecule has 2 rings (SSSR count). The molecule has 6 heteroatoms. The van der Waals surface area contributed by atoms with Crippen LogP contribution in [0.15, 0.2) is 22.8 Å². The minimum absolute atomic E-state index is 0.0254. The largest absolute Gasteiger partial charge is 0.376 e. The third-order valence-corrected chi connectivity index (χ3v) is 3.02. The van der Waals surface area contributed by atoms with Gasteiger partial charge in [0.1, 0.15) is 12.4 Å². The highest BCUT2D eigenvalue weighted by molar-refractivity contribution is 9.10. The average molecular weight is 315 g/mol. The fraction of sp³-hybridized carbons (Fsp3) is 0.500. The molecule has 1 aliphatic heterocycles. The molecule has 1 aliphatic rings. The SMILES string of the molecule is O=C(COCC1CCCO1)Nc1ccc(Br)cn1. The summed E-state index contributed by atoms with van der Waals surface area (Å²) in [6.45, 7) is 1.29. The van der Waals surface area contributed by atoms with Gasteiger partial charge in [-0.05, 0) is 40.9 Å². The average Bonchev–Trinajstić information content (AvgIpc) is 2.85. The smallest absolute Gasteiger partial charge is 0.251 e. The summed E-state index contributed by atoms with van der Waals surface area (Å²) in [7, 11) is 0. The van der Waals surface area contributed by atoms with Gasteiger partial charge in [0.15, 0.2) is 0 Å². The first-order chi connectivity index (χ1) is 8.74. The lowest BCUT2D eigenvalue weighted by molar-refractivity contribution is -0.121. The predicted molar refractivity (Wildman–Crippen MR) is 70.4 cm³/mol. The topological polar surface area (TPSA) is 60.5 Å². The van der Waals surface area contributed by atoms with E-state index in [-0.39, 0.29) is 18.6 Å². The Morgan fingerprint density at radius 3 is 3.17 bits per heavy atom. The van der Waals surface area contributed by atoms with Crippen molar-refractivity contribution in [2.24, 2.45) is 0 Å². The van der Waals surface area contributed by atoms with Crippen LogP contribution < -0.4 is 5.32 Å². The van der Waals surface area contributed by atoms with Crippen LogP contribution in [0.25, 0.3) is 0 Å². The quantitative estimate of drug-likeness (QED) is 0.902. The van der Waals surface area contributed by atoms with Crippen LogP contribution in [0.3, 0.4) is 0 Å². The second kappa shape index (κ2) is 6.82. The monoisotopic (exact) mass is 314 g/mol. The molecule has 98 valence electrons. The summed E-state index contributed by atoms with van der Waals surface area (Å²) in [6, 6.07) is 3.54. The van der Waals surface area contributed by atoms with Gasteiger partial charge >= 0.3 is 0 Å².